The molecule has 2 aromatic carbocycles. The quantitative estimate of drug-likeness (QED) is 0.343. The number of aryl methyl sites for hydroxylation is 1. The van der Waals surface area contributed by atoms with E-state index in [9.17, 15) is 14.3 Å². The predicted octanol–water partition coefficient (Wildman–Crippen LogP) is 6.59. The highest BCUT2D eigenvalue weighted by atomic mass is 19.1. The molecule has 5 heteroatoms. The summed E-state index contributed by atoms with van der Waals surface area (Å²) in [4.78, 5) is 17.3. The first-order valence-corrected chi connectivity index (χ1v) is 15.5. The van der Waals surface area contributed by atoms with Gasteiger partial charge in [0.15, 0.2) is 0 Å². The molecule has 0 unspecified atom stereocenters. The number of terminal acetylenes is 1. The molecule has 1 aliphatic carbocycles. The number of halogens is 1. The number of aliphatic carboxylic acids is 1. The maximum atomic E-state index is 14.2. The average molecular weight is 545 g/mol. The Hall–Kier alpha value is -2.68. The van der Waals surface area contributed by atoms with E-state index in [0.29, 0.717) is 12.5 Å². The van der Waals surface area contributed by atoms with Crippen molar-refractivity contribution in [2.24, 2.45) is 17.8 Å². The SMILES string of the molecule is C#Cc1ccc(CCCC2CCN(C[C@H]3CN([C@@H](C(=O)O)C4CCCCC4)C[C@@H]3c3cccc(F)c3)CC2)cc1. The molecule has 2 saturated heterocycles. The molecule has 0 aromatic heterocycles. The Bertz CT molecular complexity index is 1140. The van der Waals surface area contributed by atoms with Gasteiger partial charge >= 0.3 is 5.97 Å². The Morgan fingerprint density at radius 3 is 2.45 bits per heavy atom. The maximum Gasteiger partial charge on any atom is 0.321 e. The lowest BCUT2D eigenvalue weighted by Gasteiger charge is -2.35. The van der Waals surface area contributed by atoms with Gasteiger partial charge in [0.05, 0.1) is 0 Å². The van der Waals surface area contributed by atoms with Crippen LogP contribution in [0, 0.1) is 35.9 Å². The fraction of sp³-hybridized carbons (Fsp3) is 0.571. The topological polar surface area (TPSA) is 43.8 Å². The van der Waals surface area contributed by atoms with Gasteiger partial charge in [-0.15, -0.1) is 6.42 Å². The molecule has 0 radical (unpaired) electrons. The second-order valence-corrected chi connectivity index (χ2v) is 12.5. The van der Waals surface area contributed by atoms with E-state index in [1.165, 1.54) is 43.7 Å². The van der Waals surface area contributed by atoms with Crippen LogP contribution in [0.5, 0.6) is 0 Å². The number of piperidine rings is 1. The highest BCUT2D eigenvalue weighted by Gasteiger charge is 2.43. The van der Waals surface area contributed by atoms with Gasteiger partial charge in [0, 0.05) is 31.1 Å². The summed E-state index contributed by atoms with van der Waals surface area (Å²) in [5.74, 6) is 3.27. The number of likely N-dealkylation sites (tertiary alicyclic amines) is 2. The highest BCUT2D eigenvalue weighted by molar-refractivity contribution is 5.74. The molecule has 3 fully saturated rings. The Kier molecular flexibility index (Phi) is 9.94. The van der Waals surface area contributed by atoms with E-state index >= 15 is 0 Å². The molecule has 214 valence electrons. The van der Waals surface area contributed by atoms with Crippen molar-refractivity contribution in [2.75, 3.05) is 32.7 Å². The summed E-state index contributed by atoms with van der Waals surface area (Å²) >= 11 is 0. The molecule has 2 aromatic rings. The second kappa shape index (κ2) is 13.8. The number of carbonyl (C=O) groups is 1. The van der Waals surface area contributed by atoms with Crippen LogP contribution in [0.25, 0.3) is 0 Å². The van der Waals surface area contributed by atoms with Crippen LogP contribution in [-0.2, 0) is 11.2 Å². The van der Waals surface area contributed by atoms with Crippen molar-refractivity contribution < 1.29 is 14.3 Å². The summed E-state index contributed by atoms with van der Waals surface area (Å²) in [5.41, 5.74) is 3.32. The van der Waals surface area contributed by atoms with Gasteiger partial charge in [0.25, 0.3) is 0 Å². The molecule has 2 aliphatic heterocycles. The van der Waals surface area contributed by atoms with Gasteiger partial charge in [-0.3, -0.25) is 9.69 Å². The van der Waals surface area contributed by atoms with E-state index in [1.807, 2.05) is 18.2 Å². The summed E-state index contributed by atoms with van der Waals surface area (Å²) in [6.07, 6.45) is 17.0. The van der Waals surface area contributed by atoms with Gasteiger partial charge in [-0.1, -0.05) is 55.9 Å². The van der Waals surface area contributed by atoms with Crippen LogP contribution in [0.4, 0.5) is 4.39 Å². The van der Waals surface area contributed by atoms with Crippen molar-refractivity contribution in [1.82, 2.24) is 9.80 Å². The van der Waals surface area contributed by atoms with Crippen molar-refractivity contribution in [3.8, 4) is 12.3 Å². The predicted molar refractivity (Wildman–Crippen MR) is 159 cm³/mol. The fourth-order valence-corrected chi connectivity index (χ4v) is 7.69. The maximum absolute atomic E-state index is 14.2. The normalized spacial score (nSPS) is 24.1. The molecule has 4 nitrogen and oxygen atoms in total. The van der Waals surface area contributed by atoms with Crippen molar-refractivity contribution in [1.29, 1.82) is 0 Å². The summed E-state index contributed by atoms with van der Waals surface area (Å²) in [6, 6.07) is 15.0. The van der Waals surface area contributed by atoms with Gasteiger partial charge in [-0.05, 0) is 105 Å². The number of carboxylic acids is 1. The van der Waals surface area contributed by atoms with Crippen LogP contribution >= 0.6 is 0 Å². The highest BCUT2D eigenvalue weighted by Crippen LogP contribution is 2.39. The van der Waals surface area contributed by atoms with Crippen molar-refractivity contribution in [2.45, 2.75) is 76.2 Å². The van der Waals surface area contributed by atoms with Crippen molar-refractivity contribution in [3.05, 3.63) is 71.0 Å². The zero-order valence-corrected chi connectivity index (χ0v) is 23.8. The van der Waals surface area contributed by atoms with Gasteiger partial charge in [-0.25, -0.2) is 4.39 Å². The van der Waals surface area contributed by atoms with Crippen molar-refractivity contribution >= 4 is 5.97 Å². The molecule has 0 amide bonds. The van der Waals surface area contributed by atoms with Crippen molar-refractivity contribution in [3.63, 3.8) is 0 Å². The summed E-state index contributed by atoms with van der Waals surface area (Å²) in [6.45, 7) is 4.65. The van der Waals surface area contributed by atoms with Gasteiger partial charge in [-0.2, -0.15) is 0 Å². The first-order chi connectivity index (χ1) is 19.5. The molecule has 3 atom stereocenters. The minimum atomic E-state index is -0.682. The van der Waals surface area contributed by atoms with E-state index in [-0.39, 0.29) is 17.7 Å². The number of nitrogens with zero attached hydrogens (tertiary/aromatic N) is 2. The Labute approximate surface area is 240 Å². The molecular formula is C35H45FN2O2. The summed E-state index contributed by atoms with van der Waals surface area (Å²) in [7, 11) is 0. The Balaban J connectivity index is 1.17. The third-order valence-electron chi connectivity index (χ3n) is 9.89. The number of carboxylic acid groups (broad SMARTS) is 1. The lowest BCUT2D eigenvalue weighted by Crippen LogP contribution is -2.46. The standard InChI is InChI=1S/C35H45FN2O2/c1-2-26-14-16-27(17-15-26)8-6-9-28-18-20-37(21-19-28)23-31-24-38(25-33(31)30-12-7-13-32(36)22-30)34(35(39)40)29-10-4-3-5-11-29/h1,7,12-17,22,28-29,31,33-34H,3-6,8-11,18-21,23-25H2,(H,39,40)/t31-,33+,34+/m0/s1. The van der Waals surface area contributed by atoms with Crippen LogP contribution in [0.3, 0.4) is 0 Å². The smallest absolute Gasteiger partial charge is 0.321 e. The zero-order valence-electron chi connectivity index (χ0n) is 23.8. The summed E-state index contributed by atoms with van der Waals surface area (Å²) in [5, 5.41) is 10.3. The third-order valence-corrected chi connectivity index (χ3v) is 9.89. The zero-order chi connectivity index (χ0) is 27.9. The van der Waals surface area contributed by atoms with Gasteiger partial charge < -0.3 is 10.0 Å². The third kappa shape index (κ3) is 7.33. The Morgan fingerprint density at radius 1 is 1.02 bits per heavy atom. The molecule has 40 heavy (non-hydrogen) atoms. The lowest BCUT2D eigenvalue weighted by atomic mass is 9.83. The van der Waals surface area contributed by atoms with Crippen LogP contribution in [0.15, 0.2) is 48.5 Å². The monoisotopic (exact) mass is 544 g/mol. The first kappa shape index (κ1) is 28.8. The molecule has 1 saturated carbocycles. The number of hydrogen-bond donors (Lipinski definition) is 1. The largest absolute Gasteiger partial charge is 0.480 e. The summed E-state index contributed by atoms with van der Waals surface area (Å²) < 4.78 is 14.2. The molecule has 5 rings (SSSR count). The van der Waals surface area contributed by atoms with Crippen LogP contribution in [0.2, 0.25) is 0 Å². The fourth-order valence-electron chi connectivity index (χ4n) is 7.69. The van der Waals surface area contributed by atoms with Crippen LogP contribution < -0.4 is 0 Å². The van der Waals surface area contributed by atoms with E-state index < -0.39 is 12.0 Å². The first-order valence-electron chi connectivity index (χ1n) is 15.5. The molecule has 1 N–H and O–H groups in total. The molecule has 3 aliphatic rings. The number of hydrogen-bond acceptors (Lipinski definition) is 3. The van der Waals surface area contributed by atoms with E-state index in [2.05, 4.69) is 27.9 Å². The average Bonchev–Trinajstić information content (AvgIpc) is 3.37. The van der Waals surface area contributed by atoms with E-state index in [4.69, 9.17) is 6.42 Å². The molecule has 0 spiro atoms. The van der Waals surface area contributed by atoms with Crippen LogP contribution in [-0.4, -0.2) is 59.6 Å². The second-order valence-electron chi connectivity index (χ2n) is 12.5. The van der Waals surface area contributed by atoms with Gasteiger partial charge in [0.2, 0.25) is 0 Å². The minimum Gasteiger partial charge on any atom is -0.480 e. The Morgan fingerprint density at radius 2 is 1.77 bits per heavy atom. The van der Waals surface area contributed by atoms with E-state index in [1.54, 1.807) is 12.1 Å². The minimum absolute atomic E-state index is 0.166. The van der Waals surface area contributed by atoms with Gasteiger partial charge in [0.1, 0.15) is 11.9 Å². The number of rotatable bonds is 10. The molecule has 2 heterocycles. The van der Waals surface area contributed by atoms with Crippen LogP contribution in [0.1, 0.15) is 80.4 Å². The van der Waals surface area contributed by atoms with E-state index in [0.717, 1.165) is 75.3 Å². The molecular weight excluding hydrogens is 499 g/mol. The number of benzene rings is 2. The lowest BCUT2D eigenvalue weighted by molar-refractivity contribution is -0.145. The molecule has 0 bridgehead atoms.